The van der Waals surface area contributed by atoms with E-state index in [4.69, 9.17) is 5.73 Å². The molecule has 0 aliphatic carbocycles. The standard InChI is InChI=1S/C12H17N3O3S.ClH/c1-14-19(17,18)11-4-2-9(3-5-11)12(16)15-7-6-10(13)8-15;/h2-5,10,14H,6-8,13H2,1H3;1H/t10-;/m0./s1. The minimum atomic E-state index is -3.46. The first-order valence-electron chi connectivity index (χ1n) is 6.02. The van der Waals surface area contributed by atoms with Crippen molar-refractivity contribution in [2.24, 2.45) is 5.73 Å². The van der Waals surface area contributed by atoms with Gasteiger partial charge in [-0.25, -0.2) is 13.1 Å². The van der Waals surface area contributed by atoms with Gasteiger partial charge >= 0.3 is 0 Å². The van der Waals surface area contributed by atoms with Gasteiger partial charge in [-0.3, -0.25) is 4.79 Å². The summed E-state index contributed by atoms with van der Waals surface area (Å²) in [5, 5.41) is 0. The van der Waals surface area contributed by atoms with Crippen LogP contribution in [0.1, 0.15) is 16.8 Å². The van der Waals surface area contributed by atoms with Crippen LogP contribution in [-0.2, 0) is 10.0 Å². The number of nitrogens with zero attached hydrogens (tertiary/aromatic N) is 1. The lowest BCUT2D eigenvalue weighted by molar-refractivity contribution is 0.0791. The summed E-state index contributed by atoms with van der Waals surface area (Å²) in [5.41, 5.74) is 6.23. The van der Waals surface area contributed by atoms with E-state index in [2.05, 4.69) is 4.72 Å². The van der Waals surface area contributed by atoms with Crippen LogP contribution in [0.5, 0.6) is 0 Å². The Labute approximate surface area is 124 Å². The van der Waals surface area contributed by atoms with Gasteiger partial charge < -0.3 is 10.6 Å². The Balaban J connectivity index is 0.00000200. The molecule has 0 unspecified atom stereocenters. The highest BCUT2D eigenvalue weighted by Gasteiger charge is 2.24. The Hall–Kier alpha value is -1.15. The zero-order valence-electron chi connectivity index (χ0n) is 11.1. The second kappa shape index (κ2) is 6.53. The minimum Gasteiger partial charge on any atom is -0.337 e. The molecule has 112 valence electrons. The van der Waals surface area contributed by atoms with E-state index in [9.17, 15) is 13.2 Å². The van der Waals surface area contributed by atoms with Gasteiger partial charge in [0.1, 0.15) is 0 Å². The van der Waals surface area contributed by atoms with Gasteiger partial charge in [-0.1, -0.05) is 0 Å². The van der Waals surface area contributed by atoms with E-state index in [1.807, 2.05) is 0 Å². The molecular weight excluding hydrogens is 302 g/mol. The fraction of sp³-hybridized carbons (Fsp3) is 0.417. The monoisotopic (exact) mass is 319 g/mol. The predicted molar refractivity (Wildman–Crippen MR) is 78.4 cm³/mol. The van der Waals surface area contributed by atoms with E-state index in [0.29, 0.717) is 18.7 Å². The lowest BCUT2D eigenvalue weighted by atomic mass is 10.2. The molecular formula is C12H18ClN3O3S. The van der Waals surface area contributed by atoms with E-state index >= 15 is 0 Å². The summed E-state index contributed by atoms with van der Waals surface area (Å²) >= 11 is 0. The van der Waals surface area contributed by atoms with Gasteiger partial charge in [0.05, 0.1) is 4.90 Å². The highest BCUT2D eigenvalue weighted by molar-refractivity contribution is 7.89. The lowest BCUT2D eigenvalue weighted by Crippen LogP contribution is -2.31. The third-order valence-corrected chi connectivity index (χ3v) is 4.62. The molecule has 0 saturated carbocycles. The zero-order valence-corrected chi connectivity index (χ0v) is 12.7. The van der Waals surface area contributed by atoms with Crippen LogP contribution in [0.2, 0.25) is 0 Å². The maximum Gasteiger partial charge on any atom is 0.253 e. The van der Waals surface area contributed by atoms with Crippen LogP contribution >= 0.6 is 12.4 Å². The predicted octanol–water partition coefficient (Wildman–Crippen LogP) is 0.190. The van der Waals surface area contributed by atoms with E-state index in [-0.39, 0.29) is 29.3 Å². The first-order chi connectivity index (χ1) is 8.94. The summed E-state index contributed by atoms with van der Waals surface area (Å²) in [5.74, 6) is -0.110. The Kier molecular flexibility index (Phi) is 5.52. The molecule has 1 aliphatic rings. The number of nitrogens with two attached hydrogens (primary N) is 1. The molecule has 8 heteroatoms. The number of carbonyl (C=O) groups is 1. The molecule has 0 bridgehead atoms. The zero-order chi connectivity index (χ0) is 14.0. The van der Waals surface area contributed by atoms with Gasteiger partial charge in [0.15, 0.2) is 0 Å². The molecule has 1 aliphatic heterocycles. The molecule has 1 aromatic rings. The van der Waals surface area contributed by atoms with Gasteiger partial charge in [0.25, 0.3) is 5.91 Å². The van der Waals surface area contributed by atoms with Gasteiger partial charge in [0, 0.05) is 24.7 Å². The van der Waals surface area contributed by atoms with E-state index in [1.165, 1.54) is 31.3 Å². The van der Waals surface area contributed by atoms with Crippen LogP contribution in [-0.4, -0.2) is 45.4 Å². The fourth-order valence-electron chi connectivity index (χ4n) is 2.05. The normalized spacial score (nSPS) is 18.7. The average molecular weight is 320 g/mol. The van der Waals surface area contributed by atoms with Crippen molar-refractivity contribution < 1.29 is 13.2 Å². The van der Waals surface area contributed by atoms with Crippen LogP contribution in [0.3, 0.4) is 0 Å². The molecule has 3 N–H and O–H groups in total. The van der Waals surface area contributed by atoms with Crippen molar-refractivity contribution in [3.8, 4) is 0 Å². The van der Waals surface area contributed by atoms with Crippen LogP contribution in [0.4, 0.5) is 0 Å². The molecule has 1 amide bonds. The highest BCUT2D eigenvalue weighted by Crippen LogP contribution is 2.15. The molecule has 1 atom stereocenters. The van der Waals surface area contributed by atoms with E-state index in [0.717, 1.165) is 6.42 Å². The number of hydrogen-bond donors (Lipinski definition) is 2. The second-order valence-electron chi connectivity index (χ2n) is 4.53. The molecule has 2 rings (SSSR count). The molecule has 1 saturated heterocycles. The molecule has 0 radical (unpaired) electrons. The topological polar surface area (TPSA) is 92.5 Å². The molecule has 6 nitrogen and oxygen atoms in total. The number of amides is 1. The van der Waals surface area contributed by atoms with Crippen molar-refractivity contribution in [2.75, 3.05) is 20.1 Å². The number of likely N-dealkylation sites (tertiary alicyclic amines) is 1. The van der Waals surface area contributed by atoms with Gasteiger partial charge in [-0.15, -0.1) is 12.4 Å². The Morgan fingerprint density at radius 1 is 1.35 bits per heavy atom. The fourth-order valence-corrected chi connectivity index (χ4v) is 2.78. The summed E-state index contributed by atoms with van der Waals surface area (Å²) in [7, 11) is -2.12. The Morgan fingerprint density at radius 3 is 2.40 bits per heavy atom. The average Bonchev–Trinajstić information content (AvgIpc) is 2.85. The maximum absolute atomic E-state index is 12.1. The SMILES string of the molecule is CNS(=O)(=O)c1ccc(C(=O)N2CC[C@H](N)C2)cc1.Cl. The van der Waals surface area contributed by atoms with Crippen LogP contribution < -0.4 is 10.5 Å². The number of halogens is 1. The summed E-state index contributed by atoms with van der Waals surface area (Å²) in [6, 6.07) is 5.93. The lowest BCUT2D eigenvalue weighted by Gasteiger charge is -2.15. The number of rotatable bonds is 3. The largest absolute Gasteiger partial charge is 0.337 e. The first-order valence-corrected chi connectivity index (χ1v) is 7.51. The van der Waals surface area contributed by atoms with Gasteiger partial charge in [-0.05, 0) is 37.7 Å². The summed E-state index contributed by atoms with van der Waals surface area (Å²) < 4.78 is 25.3. The summed E-state index contributed by atoms with van der Waals surface area (Å²) in [4.78, 5) is 14.0. The number of nitrogens with one attached hydrogen (secondary N) is 1. The third-order valence-electron chi connectivity index (χ3n) is 3.19. The minimum absolute atomic E-state index is 0. The second-order valence-corrected chi connectivity index (χ2v) is 6.42. The summed E-state index contributed by atoms with van der Waals surface area (Å²) in [6.45, 7) is 1.20. The molecule has 0 spiro atoms. The number of hydrogen-bond acceptors (Lipinski definition) is 4. The number of sulfonamides is 1. The van der Waals surface area contributed by atoms with Crippen molar-refractivity contribution in [3.63, 3.8) is 0 Å². The van der Waals surface area contributed by atoms with Crippen LogP contribution in [0.15, 0.2) is 29.2 Å². The maximum atomic E-state index is 12.1. The van der Waals surface area contributed by atoms with Gasteiger partial charge in [0.2, 0.25) is 10.0 Å². The van der Waals surface area contributed by atoms with Gasteiger partial charge in [-0.2, -0.15) is 0 Å². The Bertz CT molecular complexity index is 574. The first kappa shape index (κ1) is 16.9. The van der Waals surface area contributed by atoms with Crippen molar-refractivity contribution in [1.82, 2.24) is 9.62 Å². The smallest absolute Gasteiger partial charge is 0.253 e. The number of carbonyl (C=O) groups excluding carboxylic acids is 1. The van der Waals surface area contributed by atoms with Crippen molar-refractivity contribution in [3.05, 3.63) is 29.8 Å². The van der Waals surface area contributed by atoms with E-state index in [1.54, 1.807) is 4.90 Å². The third kappa shape index (κ3) is 3.49. The van der Waals surface area contributed by atoms with Crippen molar-refractivity contribution in [1.29, 1.82) is 0 Å². The van der Waals surface area contributed by atoms with Crippen LogP contribution in [0, 0.1) is 0 Å². The van der Waals surface area contributed by atoms with E-state index < -0.39 is 10.0 Å². The van der Waals surface area contributed by atoms with Crippen molar-refractivity contribution >= 4 is 28.3 Å². The molecule has 1 fully saturated rings. The molecule has 1 aromatic carbocycles. The highest BCUT2D eigenvalue weighted by atomic mass is 35.5. The quantitative estimate of drug-likeness (QED) is 0.832. The molecule has 0 aromatic heterocycles. The molecule has 1 heterocycles. The van der Waals surface area contributed by atoms with Crippen LogP contribution in [0.25, 0.3) is 0 Å². The molecule has 20 heavy (non-hydrogen) atoms. The summed E-state index contributed by atoms with van der Waals surface area (Å²) in [6.07, 6.45) is 0.804. The Morgan fingerprint density at radius 2 is 1.95 bits per heavy atom. The van der Waals surface area contributed by atoms with Crippen molar-refractivity contribution in [2.45, 2.75) is 17.4 Å². The number of benzene rings is 1.